The van der Waals surface area contributed by atoms with Crippen molar-refractivity contribution in [1.82, 2.24) is 0 Å². The molecular formula is C18H22N2O2. The lowest BCUT2D eigenvalue weighted by Gasteiger charge is -2.09. The minimum absolute atomic E-state index is 0.262. The molecule has 4 nitrogen and oxygen atoms in total. The zero-order chi connectivity index (χ0) is 15.9. The van der Waals surface area contributed by atoms with Crippen molar-refractivity contribution in [3.8, 4) is 5.75 Å². The summed E-state index contributed by atoms with van der Waals surface area (Å²) in [5, 5.41) is 5.60. The number of amides is 2. The molecular weight excluding hydrogens is 276 g/mol. The highest BCUT2D eigenvalue weighted by atomic mass is 16.5. The average molecular weight is 298 g/mol. The van der Waals surface area contributed by atoms with Crippen molar-refractivity contribution < 1.29 is 9.53 Å². The Bertz CT molecular complexity index is 604. The number of hydrogen-bond acceptors (Lipinski definition) is 2. The molecule has 116 valence electrons. The molecule has 0 saturated heterocycles. The van der Waals surface area contributed by atoms with Crippen LogP contribution < -0.4 is 15.4 Å². The van der Waals surface area contributed by atoms with Crippen LogP contribution in [0.15, 0.2) is 48.5 Å². The van der Waals surface area contributed by atoms with Crippen LogP contribution in [0.5, 0.6) is 5.75 Å². The Kier molecular flexibility index (Phi) is 5.42. The van der Waals surface area contributed by atoms with Gasteiger partial charge in [0.05, 0.1) is 7.11 Å². The molecule has 0 aliphatic carbocycles. The Balaban J connectivity index is 1.90. The number of ether oxygens (including phenoxy) is 1. The number of nitrogens with one attached hydrogen (secondary N) is 2. The van der Waals surface area contributed by atoms with E-state index in [4.69, 9.17) is 4.74 Å². The largest absolute Gasteiger partial charge is 0.497 e. The quantitative estimate of drug-likeness (QED) is 0.851. The zero-order valence-corrected chi connectivity index (χ0v) is 13.2. The second-order valence-electron chi connectivity index (χ2n) is 5.60. The van der Waals surface area contributed by atoms with E-state index in [-0.39, 0.29) is 6.03 Å². The summed E-state index contributed by atoms with van der Waals surface area (Å²) in [7, 11) is 1.61. The highest BCUT2D eigenvalue weighted by molar-refractivity contribution is 5.99. The summed E-state index contributed by atoms with van der Waals surface area (Å²) >= 11 is 0. The van der Waals surface area contributed by atoms with E-state index in [2.05, 4.69) is 24.5 Å². The third-order valence-corrected chi connectivity index (χ3v) is 3.20. The predicted molar refractivity (Wildman–Crippen MR) is 90.6 cm³/mol. The van der Waals surface area contributed by atoms with Crippen molar-refractivity contribution in [2.75, 3.05) is 17.7 Å². The van der Waals surface area contributed by atoms with Gasteiger partial charge in [0.15, 0.2) is 0 Å². The number of carbonyl (C=O) groups is 1. The summed E-state index contributed by atoms with van der Waals surface area (Å²) in [5.41, 5.74) is 2.77. The summed E-state index contributed by atoms with van der Waals surface area (Å²) in [6, 6.07) is 14.9. The molecule has 0 radical (unpaired) electrons. The number of urea groups is 1. The van der Waals surface area contributed by atoms with Crippen LogP contribution >= 0.6 is 0 Å². The number of carbonyl (C=O) groups excluding carboxylic acids is 1. The maximum atomic E-state index is 11.9. The summed E-state index contributed by atoms with van der Waals surface area (Å²) in [5.74, 6) is 1.38. The standard InChI is InChI=1S/C18H22N2O2/c1-13(2)12-14-4-6-15(7-5-14)19-18(21)20-16-8-10-17(22-3)11-9-16/h4-11,13H,12H2,1-3H3,(H2,19,20,21). The van der Waals surface area contributed by atoms with E-state index in [1.54, 1.807) is 31.4 Å². The molecule has 22 heavy (non-hydrogen) atoms. The van der Waals surface area contributed by atoms with Crippen LogP contribution in [0.3, 0.4) is 0 Å². The monoisotopic (exact) mass is 298 g/mol. The molecule has 2 rings (SSSR count). The fourth-order valence-electron chi connectivity index (χ4n) is 2.16. The van der Waals surface area contributed by atoms with E-state index in [0.717, 1.165) is 23.5 Å². The zero-order valence-electron chi connectivity index (χ0n) is 13.2. The molecule has 4 heteroatoms. The van der Waals surface area contributed by atoms with Gasteiger partial charge in [0.25, 0.3) is 0 Å². The molecule has 0 aromatic heterocycles. The molecule has 2 amide bonds. The van der Waals surface area contributed by atoms with Gasteiger partial charge in [-0.25, -0.2) is 4.79 Å². The highest BCUT2D eigenvalue weighted by Gasteiger charge is 2.04. The molecule has 2 aromatic rings. The van der Waals surface area contributed by atoms with Gasteiger partial charge < -0.3 is 15.4 Å². The maximum Gasteiger partial charge on any atom is 0.323 e. The van der Waals surface area contributed by atoms with Gasteiger partial charge >= 0.3 is 6.03 Å². The Morgan fingerprint density at radius 1 is 0.955 bits per heavy atom. The van der Waals surface area contributed by atoms with Gasteiger partial charge in [-0.15, -0.1) is 0 Å². The minimum atomic E-state index is -0.262. The van der Waals surface area contributed by atoms with E-state index in [0.29, 0.717) is 5.92 Å². The number of benzene rings is 2. The number of hydrogen-bond donors (Lipinski definition) is 2. The number of anilines is 2. The fraction of sp³-hybridized carbons (Fsp3) is 0.278. The Morgan fingerprint density at radius 2 is 1.45 bits per heavy atom. The van der Waals surface area contributed by atoms with Crippen LogP contribution in [-0.4, -0.2) is 13.1 Å². The molecule has 0 saturated carbocycles. The van der Waals surface area contributed by atoms with Crippen molar-refractivity contribution >= 4 is 17.4 Å². The SMILES string of the molecule is COc1ccc(NC(=O)Nc2ccc(CC(C)C)cc2)cc1. The van der Waals surface area contributed by atoms with E-state index in [1.807, 2.05) is 24.3 Å². The molecule has 0 aliphatic rings. The lowest BCUT2D eigenvalue weighted by Crippen LogP contribution is -2.19. The van der Waals surface area contributed by atoms with Crippen LogP contribution in [0.25, 0.3) is 0 Å². The smallest absolute Gasteiger partial charge is 0.323 e. The second-order valence-corrected chi connectivity index (χ2v) is 5.60. The minimum Gasteiger partial charge on any atom is -0.497 e. The molecule has 0 fully saturated rings. The van der Waals surface area contributed by atoms with Crippen molar-refractivity contribution in [2.24, 2.45) is 5.92 Å². The Morgan fingerprint density at radius 3 is 1.91 bits per heavy atom. The summed E-state index contributed by atoms with van der Waals surface area (Å²) in [4.78, 5) is 11.9. The molecule has 0 heterocycles. The van der Waals surface area contributed by atoms with Gasteiger partial charge in [-0.2, -0.15) is 0 Å². The van der Waals surface area contributed by atoms with Crippen LogP contribution in [0.4, 0.5) is 16.2 Å². The van der Waals surface area contributed by atoms with Gasteiger partial charge in [-0.3, -0.25) is 0 Å². The number of methoxy groups -OCH3 is 1. The molecule has 0 atom stereocenters. The first kappa shape index (κ1) is 15.9. The average Bonchev–Trinajstić information content (AvgIpc) is 2.49. The molecule has 2 aromatic carbocycles. The molecule has 2 N–H and O–H groups in total. The van der Waals surface area contributed by atoms with Crippen molar-refractivity contribution in [3.63, 3.8) is 0 Å². The van der Waals surface area contributed by atoms with Gasteiger partial charge in [-0.05, 0) is 54.3 Å². The van der Waals surface area contributed by atoms with E-state index in [9.17, 15) is 4.79 Å². The van der Waals surface area contributed by atoms with Crippen molar-refractivity contribution in [2.45, 2.75) is 20.3 Å². The summed E-state index contributed by atoms with van der Waals surface area (Å²) in [6.07, 6.45) is 1.04. The van der Waals surface area contributed by atoms with Crippen LogP contribution in [0.2, 0.25) is 0 Å². The first-order chi connectivity index (χ1) is 10.6. The normalized spacial score (nSPS) is 10.4. The summed E-state index contributed by atoms with van der Waals surface area (Å²) in [6.45, 7) is 4.38. The Labute approximate surface area is 131 Å². The van der Waals surface area contributed by atoms with Crippen LogP contribution in [0, 0.1) is 5.92 Å². The summed E-state index contributed by atoms with van der Waals surface area (Å²) < 4.78 is 5.08. The fourth-order valence-corrected chi connectivity index (χ4v) is 2.16. The molecule has 0 aliphatic heterocycles. The lowest BCUT2D eigenvalue weighted by atomic mass is 10.0. The third-order valence-electron chi connectivity index (χ3n) is 3.20. The topological polar surface area (TPSA) is 50.4 Å². The van der Waals surface area contributed by atoms with E-state index < -0.39 is 0 Å². The third kappa shape index (κ3) is 4.81. The van der Waals surface area contributed by atoms with Crippen LogP contribution in [-0.2, 0) is 6.42 Å². The lowest BCUT2D eigenvalue weighted by molar-refractivity contribution is 0.262. The van der Waals surface area contributed by atoms with Crippen molar-refractivity contribution in [3.05, 3.63) is 54.1 Å². The second kappa shape index (κ2) is 7.50. The first-order valence-corrected chi connectivity index (χ1v) is 7.38. The van der Waals surface area contributed by atoms with E-state index >= 15 is 0 Å². The predicted octanol–water partition coefficient (Wildman–Crippen LogP) is 4.54. The van der Waals surface area contributed by atoms with Crippen molar-refractivity contribution in [1.29, 1.82) is 0 Å². The molecule has 0 spiro atoms. The molecule has 0 bridgehead atoms. The molecule has 0 unspecified atom stereocenters. The Hall–Kier alpha value is -2.49. The van der Waals surface area contributed by atoms with Crippen LogP contribution in [0.1, 0.15) is 19.4 Å². The maximum absolute atomic E-state index is 11.9. The van der Waals surface area contributed by atoms with Gasteiger partial charge in [0, 0.05) is 11.4 Å². The van der Waals surface area contributed by atoms with E-state index in [1.165, 1.54) is 5.56 Å². The highest BCUT2D eigenvalue weighted by Crippen LogP contribution is 2.16. The first-order valence-electron chi connectivity index (χ1n) is 7.38. The number of rotatable bonds is 5. The van der Waals surface area contributed by atoms with Gasteiger partial charge in [0.1, 0.15) is 5.75 Å². The van der Waals surface area contributed by atoms with Gasteiger partial charge in [0.2, 0.25) is 0 Å². The van der Waals surface area contributed by atoms with Gasteiger partial charge in [-0.1, -0.05) is 26.0 Å².